The highest BCUT2D eigenvalue weighted by Crippen LogP contribution is 2.36. The Kier molecular flexibility index (Phi) is 2.38. The molecule has 1 fully saturated rings. The zero-order valence-corrected chi connectivity index (χ0v) is 10.2. The SMILES string of the molecule is Brc1ccc2n1CCNC21CCOCC1. The maximum absolute atomic E-state index is 5.46. The molecule has 3 heterocycles. The monoisotopic (exact) mass is 270 g/mol. The average Bonchev–Trinajstić information content (AvgIpc) is 2.64. The van der Waals surface area contributed by atoms with Gasteiger partial charge in [-0.1, -0.05) is 0 Å². The van der Waals surface area contributed by atoms with E-state index in [1.807, 2.05) is 0 Å². The van der Waals surface area contributed by atoms with Crippen LogP contribution in [0.1, 0.15) is 18.5 Å². The number of nitrogens with zero attached hydrogens (tertiary/aromatic N) is 1. The Hall–Kier alpha value is -0.320. The molecule has 0 unspecified atom stereocenters. The number of nitrogens with one attached hydrogen (secondary N) is 1. The van der Waals surface area contributed by atoms with Gasteiger partial charge in [0.25, 0.3) is 0 Å². The minimum atomic E-state index is 0.169. The van der Waals surface area contributed by atoms with Crippen LogP contribution in [-0.4, -0.2) is 24.3 Å². The molecule has 0 atom stereocenters. The molecular formula is C11H15BrN2O. The lowest BCUT2D eigenvalue weighted by Crippen LogP contribution is -2.52. The number of aromatic nitrogens is 1. The van der Waals surface area contributed by atoms with E-state index >= 15 is 0 Å². The van der Waals surface area contributed by atoms with Crippen molar-refractivity contribution in [1.82, 2.24) is 9.88 Å². The average molecular weight is 271 g/mol. The van der Waals surface area contributed by atoms with E-state index in [1.165, 1.54) is 10.3 Å². The highest BCUT2D eigenvalue weighted by molar-refractivity contribution is 9.10. The van der Waals surface area contributed by atoms with Gasteiger partial charge in [-0.2, -0.15) is 0 Å². The van der Waals surface area contributed by atoms with Crippen molar-refractivity contribution < 1.29 is 4.74 Å². The van der Waals surface area contributed by atoms with Crippen molar-refractivity contribution in [2.45, 2.75) is 24.9 Å². The fraction of sp³-hybridized carbons (Fsp3) is 0.636. The van der Waals surface area contributed by atoms with Crippen LogP contribution in [0.3, 0.4) is 0 Å². The van der Waals surface area contributed by atoms with Crippen LogP contribution >= 0.6 is 15.9 Å². The van der Waals surface area contributed by atoms with E-state index in [9.17, 15) is 0 Å². The van der Waals surface area contributed by atoms with Crippen molar-refractivity contribution in [3.63, 3.8) is 0 Å². The molecule has 0 saturated carbocycles. The molecule has 0 radical (unpaired) electrons. The van der Waals surface area contributed by atoms with Gasteiger partial charge in [-0.3, -0.25) is 0 Å². The van der Waals surface area contributed by atoms with Gasteiger partial charge in [0.2, 0.25) is 0 Å². The maximum atomic E-state index is 5.46. The largest absolute Gasteiger partial charge is 0.381 e. The van der Waals surface area contributed by atoms with Crippen LogP contribution in [0.4, 0.5) is 0 Å². The summed E-state index contributed by atoms with van der Waals surface area (Å²) >= 11 is 3.61. The maximum Gasteiger partial charge on any atom is 0.0849 e. The smallest absolute Gasteiger partial charge is 0.0849 e. The fourth-order valence-corrected chi connectivity index (χ4v) is 3.24. The minimum Gasteiger partial charge on any atom is -0.381 e. The summed E-state index contributed by atoms with van der Waals surface area (Å²) in [7, 11) is 0. The number of hydrogen-bond donors (Lipinski definition) is 1. The molecule has 3 rings (SSSR count). The van der Waals surface area contributed by atoms with E-state index in [-0.39, 0.29) is 5.54 Å². The van der Waals surface area contributed by atoms with Crippen molar-refractivity contribution in [3.8, 4) is 0 Å². The summed E-state index contributed by atoms with van der Waals surface area (Å²) in [5.41, 5.74) is 1.59. The number of ether oxygens (including phenoxy) is 1. The summed E-state index contributed by atoms with van der Waals surface area (Å²) in [6.45, 7) is 3.86. The molecule has 82 valence electrons. The van der Waals surface area contributed by atoms with Gasteiger partial charge >= 0.3 is 0 Å². The number of halogens is 1. The first-order valence-electron chi connectivity index (χ1n) is 5.50. The third-order valence-electron chi connectivity index (χ3n) is 3.56. The topological polar surface area (TPSA) is 26.2 Å². The van der Waals surface area contributed by atoms with Crippen LogP contribution in [-0.2, 0) is 16.8 Å². The molecular weight excluding hydrogens is 256 g/mol. The van der Waals surface area contributed by atoms with Crippen LogP contribution in [0.5, 0.6) is 0 Å². The molecule has 0 aromatic carbocycles. The molecule has 0 bridgehead atoms. The van der Waals surface area contributed by atoms with Gasteiger partial charge in [0.1, 0.15) is 0 Å². The quantitative estimate of drug-likeness (QED) is 0.779. The molecule has 1 saturated heterocycles. The summed E-state index contributed by atoms with van der Waals surface area (Å²) in [6.07, 6.45) is 2.17. The number of rotatable bonds is 0. The normalized spacial score (nSPS) is 24.1. The van der Waals surface area contributed by atoms with Crippen molar-refractivity contribution >= 4 is 15.9 Å². The lowest BCUT2D eigenvalue weighted by Gasteiger charge is -2.42. The molecule has 4 heteroatoms. The molecule has 2 aliphatic rings. The van der Waals surface area contributed by atoms with Gasteiger partial charge in [0, 0.05) is 32.0 Å². The second-order valence-electron chi connectivity index (χ2n) is 4.31. The summed E-state index contributed by atoms with van der Waals surface area (Å²) < 4.78 is 9.03. The van der Waals surface area contributed by atoms with Crippen LogP contribution < -0.4 is 5.32 Å². The van der Waals surface area contributed by atoms with Crippen LogP contribution in [0.15, 0.2) is 16.7 Å². The van der Waals surface area contributed by atoms with Gasteiger partial charge in [0.05, 0.1) is 10.1 Å². The zero-order valence-electron chi connectivity index (χ0n) is 8.63. The van der Waals surface area contributed by atoms with E-state index in [2.05, 4.69) is 37.9 Å². The lowest BCUT2D eigenvalue weighted by atomic mass is 9.85. The lowest BCUT2D eigenvalue weighted by molar-refractivity contribution is 0.0281. The van der Waals surface area contributed by atoms with Crippen molar-refractivity contribution in [1.29, 1.82) is 0 Å². The first-order chi connectivity index (χ1) is 7.32. The number of fused-ring (bicyclic) bond motifs is 2. The Labute approximate surface area is 97.9 Å². The molecule has 1 aromatic heterocycles. The first kappa shape index (κ1) is 9.87. The van der Waals surface area contributed by atoms with Crippen molar-refractivity contribution in [3.05, 3.63) is 22.4 Å². The van der Waals surface area contributed by atoms with E-state index in [0.29, 0.717) is 0 Å². The van der Waals surface area contributed by atoms with E-state index in [4.69, 9.17) is 4.74 Å². The van der Waals surface area contributed by atoms with Gasteiger partial charge in [-0.15, -0.1) is 0 Å². The molecule has 15 heavy (non-hydrogen) atoms. The van der Waals surface area contributed by atoms with E-state index in [0.717, 1.165) is 39.1 Å². The standard InChI is InChI=1S/C11H15BrN2O/c12-10-2-1-9-11(3-7-15-8-4-11)13-5-6-14(9)10/h1-2,13H,3-8H2. The molecule has 0 aliphatic carbocycles. The van der Waals surface area contributed by atoms with Crippen LogP contribution in [0, 0.1) is 0 Å². The van der Waals surface area contributed by atoms with Crippen molar-refractivity contribution in [2.24, 2.45) is 0 Å². The summed E-state index contributed by atoms with van der Waals surface area (Å²) in [5.74, 6) is 0. The van der Waals surface area contributed by atoms with Crippen molar-refractivity contribution in [2.75, 3.05) is 19.8 Å². The Morgan fingerprint density at radius 1 is 1.33 bits per heavy atom. The molecule has 1 spiro atoms. The first-order valence-corrected chi connectivity index (χ1v) is 6.29. The number of hydrogen-bond acceptors (Lipinski definition) is 2. The molecule has 0 amide bonds. The van der Waals surface area contributed by atoms with E-state index in [1.54, 1.807) is 0 Å². The predicted octanol–water partition coefficient (Wildman–Crippen LogP) is 1.86. The van der Waals surface area contributed by atoms with Gasteiger partial charge < -0.3 is 14.6 Å². The molecule has 1 aromatic rings. The second kappa shape index (κ2) is 3.61. The highest BCUT2D eigenvalue weighted by Gasteiger charge is 2.38. The molecule has 3 nitrogen and oxygen atoms in total. The molecule has 2 aliphatic heterocycles. The Bertz CT molecular complexity index is 369. The second-order valence-corrected chi connectivity index (χ2v) is 5.13. The minimum absolute atomic E-state index is 0.169. The summed E-state index contributed by atoms with van der Waals surface area (Å²) in [6, 6.07) is 4.39. The fourth-order valence-electron chi connectivity index (χ4n) is 2.74. The summed E-state index contributed by atoms with van der Waals surface area (Å²) in [4.78, 5) is 0. The van der Waals surface area contributed by atoms with Crippen LogP contribution in [0.2, 0.25) is 0 Å². The Morgan fingerprint density at radius 3 is 2.93 bits per heavy atom. The van der Waals surface area contributed by atoms with E-state index < -0.39 is 0 Å². The zero-order chi connectivity index (χ0) is 10.3. The molecule has 1 N–H and O–H groups in total. The summed E-state index contributed by atoms with van der Waals surface area (Å²) in [5, 5.41) is 3.68. The third-order valence-corrected chi connectivity index (χ3v) is 4.26. The van der Waals surface area contributed by atoms with Gasteiger partial charge in [0.15, 0.2) is 0 Å². The third kappa shape index (κ3) is 1.47. The Morgan fingerprint density at radius 2 is 2.13 bits per heavy atom. The van der Waals surface area contributed by atoms with Gasteiger partial charge in [-0.25, -0.2) is 0 Å². The Balaban J connectivity index is 2.04. The van der Waals surface area contributed by atoms with Crippen LogP contribution in [0.25, 0.3) is 0 Å². The highest BCUT2D eigenvalue weighted by atomic mass is 79.9. The van der Waals surface area contributed by atoms with Gasteiger partial charge in [-0.05, 0) is 40.9 Å². The predicted molar refractivity (Wildman–Crippen MR) is 61.9 cm³/mol.